The maximum Gasteiger partial charge on any atom is 0.242 e. The lowest BCUT2D eigenvalue weighted by Gasteiger charge is -2.30. The average Bonchev–Trinajstić information content (AvgIpc) is 2.91. The molecule has 0 radical (unpaired) electrons. The molecule has 2 aromatic carbocycles. The highest BCUT2D eigenvalue weighted by molar-refractivity contribution is 5.56. The predicted molar refractivity (Wildman–Crippen MR) is 131 cm³/mol. The van der Waals surface area contributed by atoms with E-state index >= 15 is 0 Å². The molecule has 0 aromatic heterocycles. The fourth-order valence-electron chi connectivity index (χ4n) is 4.50. The van der Waals surface area contributed by atoms with Crippen molar-refractivity contribution in [1.29, 1.82) is 5.26 Å². The van der Waals surface area contributed by atoms with E-state index in [1.807, 2.05) is 13.0 Å². The lowest BCUT2D eigenvalue weighted by atomic mass is 9.74. The minimum absolute atomic E-state index is 0.0294. The molecule has 194 valence electrons. The highest BCUT2D eigenvalue weighted by Gasteiger charge is 2.39. The molecule has 0 spiro atoms. The van der Waals surface area contributed by atoms with Crippen LogP contribution in [0.25, 0.3) is 0 Å². The Morgan fingerprint density at radius 3 is 2.36 bits per heavy atom. The van der Waals surface area contributed by atoms with Crippen LogP contribution in [-0.2, 0) is 5.41 Å². The summed E-state index contributed by atoms with van der Waals surface area (Å²) in [4.78, 5) is 11.4. The van der Waals surface area contributed by atoms with E-state index in [-0.39, 0.29) is 25.9 Å². The quantitative estimate of drug-likeness (QED) is 0.340. The van der Waals surface area contributed by atoms with Gasteiger partial charge in [-0.15, -0.1) is 0 Å². The molecule has 0 bridgehead atoms. The van der Waals surface area contributed by atoms with Gasteiger partial charge < -0.3 is 28.8 Å². The van der Waals surface area contributed by atoms with Gasteiger partial charge in [0.25, 0.3) is 0 Å². The summed E-state index contributed by atoms with van der Waals surface area (Å²) >= 11 is 0. The third-order valence-corrected chi connectivity index (χ3v) is 6.69. The second kappa shape index (κ2) is 11.8. The van der Waals surface area contributed by atoms with Crippen molar-refractivity contribution in [3.63, 3.8) is 0 Å². The molecule has 1 heterocycles. The molecule has 4 atom stereocenters. The second-order valence-corrected chi connectivity index (χ2v) is 8.65. The van der Waals surface area contributed by atoms with Crippen LogP contribution in [0.1, 0.15) is 38.2 Å². The number of aliphatic hydroxyl groups is 1. The van der Waals surface area contributed by atoms with E-state index < -0.39 is 28.6 Å². The molecule has 0 aliphatic carbocycles. The summed E-state index contributed by atoms with van der Waals surface area (Å²) in [7, 11) is 4.47. The number of methoxy groups -OCH3 is 3. The highest BCUT2D eigenvalue weighted by Crippen LogP contribution is 2.44. The first-order valence-corrected chi connectivity index (χ1v) is 11.7. The molecule has 3 rings (SSSR count). The molecule has 4 unspecified atom stereocenters. The lowest BCUT2D eigenvalue weighted by Crippen LogP contribution is -2.42. The van der Waals surface area contributed by atoms with Crippen molar-refractivity contribution in [2.45, 2.75) is 56.3 Å². The summed E-state index contributed by atoms with van der Waals surface area (Å²) in [6.07, 6.45) is -1.26. The third kappa shape index (κ3) is 5.57. The zero-order chi connectivity index (χ0) is 26.3. The zero-order valence-corrected chi connectivity index (χ0v) is 20.9. The molecule has 1 N–H and O–H groups in total. The largest absolute Gasteiger partial charge is 0.493 e. The lowest BCUT2D eigenvalue weighted by molar-refractivity contribution is -0.537. The number of fused-ring (bicyclic) bond motifs is 1. The van der Waals surface area contributed by atoms with Crippen molar-refractivity contribution < 1.29 is 33.7 Å². The zero-order valence-electron chi connectivity index (χ0n) is 20.9. The summed E-state index contributed by atoms with van der Waals surface area (Å²) in [6.45, 7) is 2.00. The standard InChI is InChI=1S/C26H32N2O8/c1-5-26(16-27,17-12-23(32-2)25(34-4)24(13-17)33-3)11-10-20(29)19(28(30)31)14-18-15-35-21-8-6-7-9-22(21)36-18/h6-9,12-13,18-20,29H,5,10-11,14-15H2,1-4H3. The fraction of sp³-hybridized carbons (Fsp3) is 0.500. The van der Waals surface area contributed by atoms with Gasteiger partial charge in [-0.05, 0) is 49.1 Å². The number of hydrogen-bond donors (Lipinski definition) is 1. The summed E-state index contributed by atoms with van der Waals surface area (Å²) in [6, 6.07) is 11.6. The molecule has 1 aliphatic heterocycles. The van der Waals surface area contributed by atoms with E-state index in [9.17, 15) is 20.5 Å². The minimum atomic E-state index is -1.29. The Labute approximate surface area is 210 Å². The molecule has 10 nitrogen and oxygen atoms in total. The average molecular weight is 501 g/mol. The Bertz CT molecular complexity index is 1080. The van der Waals surface area contributed by atoms with E-state index in [2.05, 4.69) is 6.07 Å². The molecular weight excluding hydrogens is 468 g/mol. The first-order chi connectivity index (χ1) is 17.3. The van der Waals surface area contributed by atoms with Crippen molar-refractivity contribution in [2.24, 2.45) is 0 Å². The van der Waals surface area contributed by atoms with Crippen molar-refractivity contribution in [1.82, 2.24) is 0 Å². The van der Waals surface area contributed by atoms with E-state index in [0.29, 0.717) is 40.7 Å². The molecule has 0 fully saturated rings. The first-order valence-electron chi connectivity index (χ1n) is 11.7. The molecule has 0 saturated heterocycles. The van der Waals surface area contributed by atoms with Gasteiger partial charge in [-0.1, -0.05) is 19.1 Å². The van der Waals surface area contributed by atoms with Crippen molar-refractivity contribution >= 4 is 0 Å². The number of benzene rings is 2. The monoisotopic (exact) mass is 500 g/mol. The summed E-state index contributed by atoms with van der Waals surface area (Å²) in [5.74, 6) is 2.30. The Morgan fingerprint density at radius 2 is 1.83 bits per heavy atom. The molecule has 10 heteroatoms. The summed E-state index contributed by atoms with van der Waals surface area (Å²) < 4.78 is 27.8. The number of nitro groups is 1. The van der Waals surface area contributed by atoms with Crippen LogP contribution in [0.15, 0.2) is 36.4 Å². The van der Waals surface area contributed by atoms with Gasteiger partial charge in [-0.25, -0.2) is 0 Å². The SMILES string of the molecule is CCC(C#N)(CCC(O)C(CC1COc2ccccc2O1)[N+](=O)[O-])c1cc(OC)c(OC)c(OC)c1. The Morgan fingerprint density at radius 1 is 1.19 bits per heavy atom. The topological polar surface area (TPSA) is 133 Å². The molecule has 36 heavy (non-hydrogen) atoms. The van der Waals surface area contributed by atoms with Gasteiger partial charge in [0, 0.05) is 4.92 Å². The van der Waals surface area contributed by atoms with Crippen LogP contribution in [-0.4, -0.2) is 56.2 Å². The number of para-hydroxylation sites is 2. The third-order valence-electron chi connectivity index (χ3n) is 6.69. The van der Waals surface area contributed by atoms with Gasteiger partial charge in [-0.2, -0.15) is 5.26 Å². The summed E-state index contributed by atoms with van der Waals surface area (Å²) in [5.41, 5.74) is -0.411. The number of aliphatic hydroxyl groups excluding tert-OH is 1. The van der Waals surface area contributed by atoms with Crippen LogP contribution in [0.3, 0.4) is 0 Å². The smallest absolute Gasteiger partial charge is 0.242 e. The van der Waals surface area contributed by atoms with Crippen LogP contribution < -0.4 is 23.7 Å². The van der Waals surface area contributed by atoms with Crippen LogP contribution in [0.2, 0.25) is 0 Å². The minimum Gasteiger partial charge on any atom is -0.493 e. The van der Waals surface area contributed by atoms with Crippen LogP contribution in [0.4, 0.5) is 0 Å². The van der Waals surface area contributed by atoms with Crippen LogP contribution >= 0.6 is 0 Å². The number of nitrogens with zero attached hydrogens (tertiary/aromatic N) is 2. The van der Waals surface area contributed by atoms with Gasteiger partial charge in [0.1, 0.15) is 18.8 Å². The molecule has 0 saturated carbocycles. The van der Waals surface area contributed by atoms with Crippen LogP contribution in [0, 0.1) is 21.4 Å². The second-order valence-electron chi connectivity index (χ2n) is 8.65. The van der Waals surface area contributed by atoms with E-state index in [1.54, 1.807) is 30.3 Å². The summed E-state index contributed by atoms with van der Waals surface area (Å²) in [5, 5.41) is 32.9. The van der Waals surface area contributed by atoms with E-state index in [4.69, 9.17) is 23.7 Å². The predicted octanol–water partition coefficient (Wildman–Crippen LogP) is 3.90. The Balaban J connectivity index is 1.77. The van der Waals surface area contributed by atoms with Crippen molar-refractivity contribution in [2.75, 3.05) is 27.9 Å². The molecule has 1 aliphatic rings. The van der Waals surface area contributed by atoms with E-state index in [1.165, 1.54) is 21.3 Å². The maximum absolute atomic E-state index is 11.9. The number of rotatable bonds is 12. The van der Waals surface area contributed by atoms with Crippen molar-refractivity contribution in [3.05, 3.63) is 52.1 Å². The molecular formula is C26H32N2O8. The van der Waals surface area contributed by atoms with Gasteiger partial charge in [0.2, 0.25) is 11.8 Å². The van der Waals surface area contributed by atoms with Gasteiger partial charge in [0.15, 0.2) is 23.0 Å². The maximum atomic E-state index is 11.9. The fourth-order valence-corrected chi connectivity index (χ4v) is 4.50. The number of hydrogen-bond acceptors (Lipinski definition) is 9. The van der Waals surface area contributed by atoms with Gasteiger partial charge >= 0.3 is 0 Å². The van der Waals surface area contributed by atoms with E-state index in [0.717, 1.165) is 0 Å². The first kappa shape index (κ1) is 26.9. The highest BCUT2D eigenvalue weighted by atomic mass is 16.6. The Hall–Kier alpha value is -3.71. The molecule has 2 aromatic rings. The normalized spacial score (nSPS) is 17.7. The van der Waals surface area contributed by atoms with Gasteiger partial charge in [-0.3, -0.25) is 10.1 Å². The number of ether oxygens (including phenoxy) is 5. The van der Waals surface area contributed by atoms with Gasteiger partial charge in [0.05, 0.1) is 39.2 Å². The number of nitriles is 1. The Kier molecular flexibility index (Phi) is 8.83. The van der Waals surface area contributed by atoms with Crippen LogP contribution in [0.5, 0.6) is 28.7 Å². The van der Waals surface area contributed by atoms with Crippen molar-refractivity contribution in [3.8, 4) is 34.8 Å². The molecule has 0 amide bonds.